The highest BCUT2D eigenvalue weighted by Gasteiger charge is 2.30. The Balaban J connectivity index is 1.43. The molecule has 2 aromatic carbocycles. The number of hydrogen-bond acceptors (Lipinski definition) is 2. The fourth-order valence-corrected chi connectivity index (χ4v) is 6.33. The molecule has 2 saturated carbocycles. The molecule has 0 saturated heterocycles. The molecule has 0 bridgehead atoms. The summed E-state index contributed by atoms with van der Waals surface area (Å²) < 4.78 is 6.11. The van der Waals surface area contributed by atoms with Gasteiger partial charge in [0.2, 0.25) is 0 Å². The summed E-state index contributed by atoms with van der Waals surface area (Å²) in [4.78, 5) is 0. The van der Waals surface area contributed by atoms with Crippen LogP contribution >= 0.6 is 9.24 Å². The van der Waals surface area contributed by atoms with Crippen molar-refractivity contribution in [3.05, 3.63) is 54.1 Å². The maximum Gasteiger partial charge on any atom is 0.134 e. The van der Waals surface area contributed by atoms with Gasteiger partial charge in [0.05, 0.1) is 12.2 Å². The second-order valence-corrected chi connectivity index (χ2v) is 10.7. The third-order valence-corrected chi connectivity index (χ3v) is 8.25. The monoisotopic (exact) mass is 450 g/mol. The van der Waals surface area contributed by atoms with Gasteiger partial charge < -0.3 is 9.84 Å². The zero-order chi connectivity index (χ0) is 22.7. The molecule has 3 heteroatoms. The zero-order valence-electron chi connectivity index (χ0n) is 19.7. The first-order chi connectivity index (χ1) is 15.5. The minimum absolute atomic E-state index is 0.0378. The van der Waals surface area contributed by atoms with E-state index in [1.165, 1.54) is 55.2 Å². The van der Waals surface area contributed by atoms with Crippen LogP contribution in [0.3, 0.4) is 0 Å². The topological polar surface area (TPSA) is 29.5 Å². The number of benzene rings is 2. The predicted octanol–water partition coefficient (Wildman–Crippen LogP) is 7.11. The maximum absolute atomic E-state index is 9.80. The Morgan fingerprint density at radius 2 is 1.50 bits per heavy atom. The Kier molecular flexibility index (Phi) is 7.74. The van der Waals surface area contributed by atoms with Crippen LogP contribution in [0.1, 0.15) is 82.3 Å². The molecular weight excluding hydrogens is 411 g/mol. The molecule has 4 rings (SSSR count). The first-order valence-corrected chi connectivity index (χ1v) is 13.0. The Labute approximate surface area is 196 Å². The van der Waals surface area contributed by atoms with Crippen molar-refractivity contribution in [3.63, 3.8) is 0 Å². The van der Waals surface area contributed by atoms with Crippen molar-refractivity contribution in [3.8, 4) is 16.9 Å². The first kappa shape index (κ1) is 23.5. The molecule has 32 heavy (non-hydrogen) atoms. The lowest BCUT2D eigenvalue weighted by atomic mass is 9.69. The predicted molar refractivity (Wildman–Crippen MR) is 140 cm³/mol. The summed E-state index contributed by atoms with van der Waals surface area (Å²) in [5, 5.41) is 10.9. The summed E-state index contributed by atoms with van der Waals surface area (Å²) in [5.41, 5.74) is 4.95. The third kappa shape index (κ3) is 5.29. The van der Waals surface area contributed by atoms with Crippen LogP contribution in [0.15, 0.2) is 43.0 Å². The lowest BCUT2D eigenvalue weighted by Crippen LogP contribution is -2.26. The zero-order valence-corrected chi connectivity index (χ0v) is 20.9. The molecule has 172 valence electrons. The van der Waals surface area contributed by atoms with Gasteiger partial charge in [-0.25, -0.2) is 0 Å². The molecule has 2 aromatic rings. The highest BCUT2D eigenvalue weighted by atomic mass is 31.0. The third-order valence-electron chi connectivity index (χ3n) is 7.67. The summed E-state index contributed by atoms with van der Waals surface area (Å²) >= 11 is 0. The molecule has 1 atom stereocenters. The van der Waals surface area contributed by atoms with Crippen LogP contribution in [0.25, 0.3) is 17.2 Å². The molecule has 1 N–H and O–H groups in total. The molecule has 0 heterocycles. The smallest absolute Gasteiger partial charge is 0.134 e. The Morgan fingerprint density at radius 1 is 0.906 bits per heavy atom. The number of aliphatic hydroxyl groups excluding tert-OH is 1. The molecule has 0 amide bonds. The standard InChI is InChI=1S/C29H39O2P/c1-4-20-15-18-27(29(32)28(20)31-19(2)3)25-11-9-23(10-12-25)21-5-7-22(8-6-21)24-13-16-26(30)17-14-24/h4,9-12,15,18-19,21-22,24,26,30H,1,5-8,13-14,16-17,32H2,2-3H3. The van der Waals surface area contributed by atoms with E-state index >= 15 is 0 Å². The van der Waals surface area contributed by atoms with Crippen molar-refractivity contribution in [2.75, 3.05) is 0 Å². The van der Waals surface area contributed by atoms with Gasteiger partial charge in [-0.05, 0) is 99.7 Å². The van der Waals surface area contributed by atoms with E-state index in [1.54, 1.807) is 0 Å². The van der Waals surface area contributed by atoms with Crippen LogP contribution in [0.2, 0.25) is 0 Å². The molecule has 2 fully saturated rings. The van der Waals surface area contributed by atoms with E-state index in [-0.39, 0.29) is 12.2 Å². The summed E-state index contributed by atoms with van der Waals surface area (Å²) in [6.07, 6.45) is 11.8. The Morgan fingerprint density at radius 3 is 2.06 bits per heavy atom. The summed E-state index contributed by atoms with van der Waals surface area (Å²) in [5.74, 6) is 3.33. The van der Waals surface area contributed by atoms with Crippen molar-refractivity contribution in [1.82, 2.24) is 0 Å². The van der Waals surface area contributed by atoms with Gasteiger partial charge in [-0.15, -0.1) is 9.24 Å². The highest BCUT2D eigenvalue weighted by molar-refractivity contribution is 7.28. The maximum atomic E-state index is 9.80. The van der Waals surface area contributed by atoms with Gasteiger partial charge in [0.25, 0.3) is 0 Å². The quantitative estimate of drug-likeness (QED) is 0.475. The largest absolute Gasteiger partial charge is 0.490 e. The van der Waals surface area contributed by atoms with Gasteiger partial charge in [-0.3, -0.25) is 0 Å². The van der Waals surface area contributed by atoms with E-state index in [0.29, 0.717) is 5.92 Å². The normalized spacial score (nSPS) is 26.2. The van der Waals surface area contributed by atoms with E-state index < -0.39 is 0 Å². The number of ether oxygens (including phenoxy) is 1. The lowest BCUT2D eigenvalue weighted by molar-refractivity contribution is 0.0805. The van der Waals surface area contributed by atoms with Gasteiger partial charge in [-0.2, -0.15) is 0 Å². The molecule has 2 aliphatic carbocycles. The molecule has 0 spiro atoms. The highest BCUT2D eigenvalue weighted by Crippen LogP contribution is 2.43. The van der Waals surface area contributed by atoms with Crippen molar-refractivity contribution in [2.45, 2.75) is 83.3 Å². The Bertz CT molecular complexity index is 901. The second-order valence-electron chi connectivity index (χ2n) is 10.1. The Hall–Kier alpha value is -1.63. The van der Waals surface area contributed by atoms with E-state index in [2.05, 4.69) is 66.1 Å². The first-order valence-electron chi connectivity index (χ1n) is 12.5. The van der Waals surface area contributed by atoms with Crippen molar-refractivity contribution in [1.29, 1.82) is 0 Å². The molecular formula is C29H39O2P. The minimum Gasteiger partial charge on any atom is -0.490 e. The van der Waals surface area contributed by atoms with E-state index in [9.17, 15) is 5.11 Å². The van der Waals surface area contributed by atoms with Crippen molar-refractivity contribution in [2.24, 2.45) is 11.8 Å². The van der Waals surface area contributed by atoms with Crippen LogP contribution in [0.5, 0.6) is 5.75 Å². The summed E-state index contributed by atoms with van der Waals surface area (Å²) in [7, 11) is 2.88. The number of aliphatic hydroxyl groups is 1. The summed E-state index contributed by atoms with van der Waals surface area (Å²) in [6, 6.07) is 13.5. The molecule has 0 aliphatic heterocycles. The van der Waals surface area contributed by atoms with Crippen molar-refractivity contribution >= 4 is 20.6 Å². The molecule has 1 unspecified atom stereocenters. The molecule has 2 aliphatic rings. The van der Waals surface area contributed by atoms with Crippen LogP contribution in [0, 0.1) is 11.8 Å². The van der Waals surface area contributed by atoms with Crippen molar-refractivity contribution < 1.29 is 9.84 Å². The average molecular weight is 451 g/mol. The van der Waals surface area contributed by atoms with Crippen LogP contribution in [-0.2, 0) is 0 Å². The SMILES string of the molecule is C=Cc1ccc(-c2ccc(C3CCC(C4CCC(O)CC4)CC3)cc2)c(P)c1OC(C)C. The van der Waals surface area contributed by atoms with Crippen LogP contribution in [0.4, 0.5) is 0 Å². The number of rotatable bonds is 6. The molecule has 2 nitrogen and oxygen atoms in total. The average Bonchev–Trinajstić information content (AvgIpc) is 2.81. The fraction of sp³-hybridized carbons (Fsp3) is 0.517. The summed E-state index contributed by atoms with van der Waals surface area (Å²) in [6.45, 7) is 8.06. The van der Waals surface area contributed by atoms with Gasteiger partial charge in [0.15, 0.2) is 0 Å². The van der Waals surface area contributed by atoms with Gasteiger partial charge in [0.1, 0.15) is 5.75 Å². The van der Waals surface area contributed by atoms with Gasteiger partial charge in [-0.1, -0.05) is 49.1 Å². The molecule has 0 radical (unpaired) electrons. The number of hydrogen-bond donors (Lipinski definition) is 1. The lowest BCUT2D eigenvalue weighted by Gasteiger charge is -2.37. The van der Waals surface area contributed by atoms with Gasteiger partial charge >= 0.3 is 0 Å². The van der Waals surface area contributed by atoms with Crippen LogP contribution in [-0.4, -0.2) is 17.3 Å². The van der Waals surface area contributed by atoms with E-state index in [4.69, 9.17) is 4.74 Å². The van der Waals surface area contributed by atoms with Gasteiger partial charge in [0, 0.05) is 10.9 Å². The fourth-order valence-electron chi connectivity index (χ4n) is 5.83. The van der Waals surface area contributed by atoms with E-state index in [1.807, 2.05) is 6.08 Å². The minimum atomic E-state index is -0.0378. The van der Waals surface area contributed by atoms with E-state index in [0.717, 1.165) is 41.3 Å². The molecule has 0 aromatic heterocycles. The van der Waals surface area contributed by atoms with Crippen LogP contribution < -0.4 is 10.0 Å². The second kappa shape index (κ2) is 10.5.